The van der Waals surface area contributed by atoms with Crippen LogP contribution in [0.25, 0.3) is 0 Å². The molecular formula is C14H14N2O3. The quantitative estimate of drug-likeness (QED) is 0.588. The van der Waals surface area contributed by atoms with Crippen LogP contribution < -0.4 is 4.90 Å². The van der Waals surface area contributed by atoms with Gasteiger partial charge in [-0.25, -0.2) is 0 Å². The summed E-state index contributed by atoms with van der Waals surface area (Å²) in [4.78, 5) is 13.8. The number of rotatable bonds is 1. The fourth-order valence-corrected chi connectivity index (χ4v) is 2.64. The highest BCUT2D eigenvalue weighted by Gasteiger charge is 2.53. The van der Waals surface area contributed by atoms with Crippen molar-refractivity contribution in [3.63, 3.8) is 0 Å². The number of aliphatic hydroxyl groups is 1. The second kappa shape index (κ2) is 3.93. The van der Waals surface area contributed by atoms with E-state index in [0.29, 0.717) is 11.4 Å². The summed E-state index contributed by atoms with van der Waals surface area (Å²) in [5.74, 6) is -0.378. The highest BCUT2D eigenvalue weighted by Crippen LogP contribution is 2.37. The van der Waals surface area contributed by atoms with Crippen LogP contribution in [0.4, 0.5) is 5.69 Å². The van der Waals surface area contributed by atoms with E-state index >= 15 is 0 Å². The van der Waals surface area contributed by atoms with E-state index in [-0.39, 0.29) is 12.3 Å². The molecule has 2 N–H and O–H groups in total. The average molecular weight is 258 g/mol. The van der Waals surface area contributed by atoms with Crippen molar-refractivity contribution >= 4 is 17.3 Å². The molecule has 2 aliphatic rings. The minimum absolute atomic E-state index is 0.218. The SMILES string of the molecule is Cc1ccc(N2C(=O)[C@]3(O)C=C/C(=N/O)[C@H]2C3)cc1. The van der Waals surface area contributed by atoms with E-state index in [4.69, 9.17) is 5.21 Å². The third-order valence-electron chi connectivity index (χ3n) is 3.70. The van der Waals surface area contributed by atoms with Gasteiger partial charge in [0.05, 0.1) is 6.04 Å². The van der Waals surface area contributed by atoms with E-state index < -0.39 is 11.6 Å². The molecule has 2 atom stereocenters. The van der Waals surface area contributed by atoms with Gasteiger partial charge in [0.25, 0.3) is 5.91 Å². The van der Waals surface area contributed by atoms with E-state index in [1.165, 1.54) is 17.1 Å². The van der Waals surface area contributed by atoms with Crippen LogP contribution in [0.15, 0.2) is 41.6 Å². The summed E-state index contributed by atoms with van der Waals surface area (Å²) in [6.45, 7) is 1.96. The second-order valence-electron chi connectivity index (χ2n) is 5.01. The number of amides is 1. The number of nitrogens with zero attached hydrogens (tertiary/aromatic N) is 2. The summed E-state index contributed by atoms with van der Waals surface area (Å²) in [5.41, 5.74) is 0.688. The van der Waals surface area contributed by atoms with Crippen LogP contribution in [0.1, 0.15) is 12.0 Å². The Hall–Kier alpha value is -2.14. The molecule has 5 heteroatoms. The first-order valence-electron chi connectivity index (χ1n) is 6.09. The van der Waals surface area contributed by atoms with Gasteiger partial charge in [0.1, 0.15) is 5.71 Å². The van der Waals surface area contributed by atoms with Crippen molar-refractivity contribution in [1.29, 1.82) is 0 Å². The molecule has 0 aromatic heterocycles. The van der Waals surface area contributed by atoms with Crippen molar-refractivity contribution in [2.45, 2.75) is 25.0 Å². The molecule has 98 valence electrons. The molecule has 0 unspecified atom stereocenters. The molecule has 1 fully saturated rings. The lowest BCUT2D eigenvalue weighted by atomic mass is 9.91. The lowest BCUT2D eigenvalue weighted by Crippen LogP contribution is -2.39. The predicted molar refractivity (Wildman–Crippen MR) is 70.4 cm³/mol. The van der Waals surface area contributed by atoms with Gasteiger partial charge < -0.3 is 15.2 Å². The fraction of sp³-hybridized carbons (Fsp3) is 0.286. The lowest BCUT2D eigenvalue weighted by molar-refractivity contribution is -0.129. The molecule has 5 nitrogen and oxygen atoms in total. The molecular weight excluding hydrogens is 244 g/mol. The minimum Gasteiger partial charge on any atom is -0.411 e. The van der Waals surface area contributed by atoms with Crippen LogP contribution >= 0.6 is 0 Å². The van der Waals surface area contributed by atoms with Crippen LogP contribution in [0.5, 0.6) is 0 Å². The molecule has 1 aliphatic carbocycles. The molecule has 2 bridgehead atoms. The number of fused-ring (bicyclic) bond motifs is 2. The van der Waals surface area contributed by atoms with Crippen molar-refractivity contribution in [2.75, 3.05) is 4.90 Å². The summed E-state index contributed by atoms with van der Waals surface area (Å²) in [7, 11) is 0. The summed E-state index contributed by atoms with van der Waals surface area (Å²) in [5, 5.41) is 22.5. The molecule has 0 radical (unpaired) electrons. The third-order valence-corrected chi connectivity index (χ3v) is 3.70. The zero-order valence-electron chi connectivity index (χ0n) is 10.4. The molecule has 1 saturated heterocycles. The Morgan fingerprint density at radius 2 is 2.05 bits per heavy atom. The van der Waals surface area contributed by atoms with Crippen molar-refractivity contribution in [2.24, 2.45) is 5.16 Å². The van der Waals surface area contributed by atoms with Crippen molar-refractivity contribution in [3.05, 3.63) is 42.0 Å². The summed E-state index contributed by atoms with van der Waals surface area (Å²) < 4.78 is 0. The molecule has 3 rings (SSSR count). The van der Waals surface area contributed by atoms with Gasteiger partial charge in [0.15, 0.2) is 5.60 Å². The number of carbonyl (C=O) groups is 1. The molecule has 19 heavy (non-hydrogen) atoms. The molecule has 0 spiro atoms. The maximum absolute atomic E-state index is 12.3. The van der Waals surface area contributed by atoms with Crippen LogP contribution in [0, 0.1) is 6.92 Å². The zero-order chi connectivity index (χ0) is 13.6. The zero-order valence-corrected chi connectivity index (χ0v) is 10.4. The Kier molecular flexibility index (Phi) is 2.46. The van der Waals surface area contributed by atoms with Gasteiger partial charge in [-0.2, -0.15) is 0 Å². The van der Waals surface area contributed by atoms with E-state index in [9.17, 15) is 9.90 Å². The summed E-state index contributed by atoms with van der Waals surface area (Å²) in [6, 6.07) is 7.03. The van der Waals surface area contributed by atoms with E-state index in [1.54, 1.807) is 0 Å². The van der Waals surface area contributed by atoms with Crippen LogP contribution in [0.2, 0.25) is 0 Å². The molecule has 1 aromatic carbocycles. The summed E-state index contributed by atoms with van der Waals surface area (Å²) >= 11 is 0. The van der Waals surface area contributed by atoms with E-state index in [2.05, 4.69) is 5.16 Å². The Labute approximate surface area is 110 Å². The van der Waals surface area contributed by atoms with Gasteiger partial charge in [-0.3, -0.25) is 4.79 Å². The molecule has 1 amide bonds. The van der Waals surface area contributed by atoms with Crippen LogP contribution in [-0.4, -0.2) is 33.6 Å². The molecule has 0 saturated carbocycles. The van der Waals surface area contributed by atoms with Gasteiger partial charge >= 0.3 is 0 Å². The van der Waals surface area contributed by atoms with Gasteiger partial charge in [0.2, 0.25) is 0 Å². The second-order valence-corrected chi connectivity index (χ2v) is 5.01. The molecule has 1 aliphatic heterocycles. The fourth-order valence-electron chi connectivity index (χ4n) is 2.64. The van der Waals surface area contributed by atoms with Crippen molar-refractivity contribution in [1.82, 2.24) is 0 Å². The Morgan fingerprint density at radius 1 is 1.37 bits per heavy atom. The van der Waals surface area contributed by atoms with Gasteiger partial charge in [-0.1, -0.05) is 22.9 Å². The van der Waals surface area contributed by atoms with Crippen LogP contribution in [-0.2, 0) is 4.79 Å². The van der Waals surface area contributed by atoms with Gasteiger partial charge in [-0.05, 0) is 31.2 Å². The number of hydrogen-bond acceptors (Lipinski definition) is 4. The highest BCUT2D eigenvalue weighted by atomic mass is 16.4. The molecule has 1 aromatic rings. The van der Waals surface area contributed by atoms with E-state index in [0.717, 1.165) is 5.56 Å². The third kappa shape index (κ3) is 1.66. The maximum Gasteiger partial charge on any atom is 0.263 e. The first-order valence-corrected chi connectivity index (χ1v) is 6.09. The molecule has 1 heterocycles. The Bertz CT molecular complexity index is 591. The number of carbonyl (C=O) groups excluding carboxylic acids is 1. The minimum atomic E-state index is -1.48. The first kappa shape index (κ1) is 11.9. The summed E-state index contributed by atoms with van der Waals surface area (Å²) in [6.07, 6.45) is 3.12. The van der Waals surface area contributed by atoms with Crippen molar-refractivity contribution in [3.8, 4) is 0 Å². The monoisotopic (exact) mass is 258 g/mol. The van der Waals surface area contributed by atoms with Crippen LogP contribution in [0.3, 0.4) is 0 Å². The Balaban J connectivity index is 2.07. The number of oxime groups is 1. The largest absolute Gasteiger partial charge is 0.411 e. The smallest absolute Gasteiger partial charge is 0.263 e. The maximum atomic E-state index is 12.3. The number of benzene rings is 1. The standard InChI is InChI=1S/C14H14N2O3/c1-9-2-4-10(5-3-9)16-12-8-14(18,13(16)17)7-6-11(12)15-19/h2-7,12,18-19H,8H2,1H3/b15-11-/t12-,14+/m1/s1. The Morgan fingerprint density at radius 3 is 2.68 bits per heavy atom. The predicted octanol–water partition coefficient (Wildman–Crippen LogP) is 1.23. The number of aryl methyl sites for hydroxylation is 1. The van der Waals surface area contributed by atoms with Crippen molar-refractivity contribution < 1.29 is 15.1 Å². The first-order chi connectivity index (χ1) is 9.05. The number of hydrogen-bond donors (Lipinski definition) is 2. The lowest BCUT2D eigenvalue weighted by Gasteiger charge is -2.23. The topological polar surface area (TPSA) is 73.1 Å². The average Bonchev–Trinajstić information content (AvgIpc) is 2.60. The number of anilines is 1. The normalized spacial score (nSPS) is 31.3. The van der Waals surface area contributed by atoms with Gasteiger partial charge in [0, 0.05) is 12.1 Å². The highest BCUT2D eigenvalue weighted by molar-refractivity contribution is 6.16. The van der Waals surface area contributed by atoms with E-state index in [1.807, 2.05) is 31.2 Å². The van der Waals surface area contributed by atoms with Gasteiger partial charge in [-0.15, -0.1) is 0 Å².